The zero-order valence-corrected chi connectivity index (χ0v) is 12.5. The summed E-state index contributed by atoms with van der Waals surface area (Å²) in [6.07, 6.45) is 2.76. The Labute approximate surface area is 128 Å². The number of benzene rings is 1. The first-order chi connectivity index (χ1) is 10.6. The Balaban J connectivity index is 1.64. The number of aryl methyl sites for hydroxylation is 1. The molecule has 2 heterocycles. The van der Waals surface area contributed by atoms with Gasteiger partial charge in [0.2, 0.25) is 5.91 Å². The fourth-order valence-electron chi connectivity index (χ4n) is 3.25. The molecule has 2 aliphatic rings. The van der Waals surface area contributed by atoms with Gasteiger partial charge in [-0.1, -0.05) is 12.1 Å². The molecule has 1 unspecified atom stereocenters. The fraction of sp³-hybridized carbons (Fsp3) is 0.412. The number of hydrogen-bond acceptors (Lipinski definition) is 3. The van der Waals surface area contributed by atoms with Gasteiger partial charge < -0.3 is 10.2 Å². The topological polar surface area (TPSA) is 45.2 Å². The lowest BCUT2D eigenvalue weighted by Gasteiger charge is -2.18. The molecule has 4 rings (SSSR count). The lowest BCUT2D eigenvalue weighted by molar-refractivity contribution is -0.128. The molecule has 0 radical (unpaired) electrons. The van der Waals surface area contributed by atoms with Crippen molar-refractivity contribution in [3.63, 3.8) is 0 Å². The summed E-state index contributed by atoms with van der Waals surface area (Å²) in [7, 11) is 0. The summed E-state index contributed by atoms with van der Waals surface area (Å²) < 4.78 is 13.9. The minimum Gasteiger partial charge on any atom is -0.379 e. The maximum absolute atomic E-state index is 13.9. The predicted octanol–water partition coefficient (Wildman–Crippen LogP) is 2.86. The highest BCUT2D eigenvalue weighted by atomic mass is 19.1. The highest BCUT2D eigenvalue weighted by Crippen LogP contribution is 2.32. The van der Waals surface area contributed by atoms with E-state index in [4.69, 9.17) is 0 Å². The fourth-order valence-corrected chi connectivity index (χ4v) is 3.25. The number of nitrogens with zero attached hydrogens (tertiary/aromatic N) is 2. The van der Waals surface area contributed by atoms with Crippen LogP contribution in [-0.4, -0.2) is 34.4 Å². The Morgan fingerprint density at radius 2 is 2.18 bits per heavy atom. The smallest absolute Gasteiger partial charge is 0.225 e. The molecule has 1 aromatic heterocycles. The number of para-hydroxylation sites is 1. The van der Waals surface area contributed by atoms with Gasteiger partial charge in [0.15, 0.2) is 0 Å². The minimum absolute atomic E-state index is 0.0846. The summed E-state index contributed by atoms with van der Waals surface area (Å²) in [6.45, 7) is 2.59. The van der Waals surface area contributed by atoms with Gasteiger partial charge in [0.25, 0.3) is 0 Å². The predicted molar refractivity (Wildman–Crippen MR) is 83.2 cm³/mol. The Bertz CT molecular complexity index is 757. The number of aromatic nitrogens is 1. The van der Waals surface area contributed by atoms with E-state index in [1.54, 1.807) is 6.07 Å². The quantitative estimate of drug-likeness (QED) is 0.948. The van der Waals surface area contributed by atoms with E-state index in [1.807, 2.05) is 24.0 Å². The van der Waals surface area contributed by atoms with Crippen molar-refractivity contribution in [3.05, 3.63) is 35.8 Å². The van der Waals surface area contributed by atoms with Crippen LogP contribution in [0.2, 0.25) is 0 Å². The van der Waals surface area contributed by atoms with Gasteiger partial charge in [-0.2, -0.15) is 0 Å². The zero-order chi connectivity index (χ0) is 15.3. The second-order valence-electron chi connectivity index (χ2n) is 6.27. The Morgan fingerprint density at radius 1 is 1.36 bits per heavy atom. The lowest BCUT2D eigenvalue weighted by atomic mass is 10.1. The third-order valence-corrected chi connectivity index (χ3v) is 4.42. The van der Waals surface area contributed by atoms with Crippen LogP contribution < -0.4 is 5.32 Å². The van der Waals surface area contributed by atoms with Gasteiger partial charge in [-0.05, 0) is 31.9 Å². The number of anilines is 1. The molecule has 0 spiro atoms. The third-order valence-electron chi connectivity index (χ3n) is 4.42. The minimum atomic E-state index is -0.314. The average molecular weight is 299 g/mol. The molecule has 2 fully saturated rings. The molecule has 1 saturated carbocycles. The van der Waals surface area contributed by atoms with Gasteiger partial charge in [-0.3, -0.25) is 4.79 Å². The van der Waals surface area contributed by atoms with Crippen molar-refractivity contribution in [1.82, 2.24) is 9.88 Å². The SMILES string of the molecule is Cc1cc(NC2CC(=O)N(C3CC3)C2)c2cccc(F)c2n1. The molecule has 1 atom stereocenters. The van der Waals surface area contributed by atoms with E-state index in [2.05, 4.69) is 10.3 Å². The zero-order valence-electron chi connectivity index (χ0n) is 12.5. The second kappa shape index (κ2) is 4.93. The molecule has 2 aromatic rings. The lowest BCUT2D eigenvalue weighted by Crippen LogP contribution is -2.29. The number of halogens is 1. The number of carbonyl (C=O) groups is 1. The molecule has 5 heteroatoms. The number of rotatable bonds is 3. The number of pyridine rings is 1. The monoisotopic (exact) mass is 299 g/mol. The maximum atomic E-state index is 13.9. The van der Waals surface area contributed by atoms with Crippen molar-refractivity contribution in [2.24, 2.45) is 0 Å². The first-order valence-electron chi connectivity index (χ1n) is 7.73. The normalized spacial score (nSPS) is 21.6. The van der Waals surface area contributed by atoms with Crippen LogP contribution in [0.5, 0.6) is 0 Å². The molecule has 1 aliphatic heterocycles. The van der Waals surface area contributed by atoms with E-state index in [0.717, 1.165) is 36.2 Å². The van der Waals surface area contributed by atoms with Crippen molar-refractivity contribution in [2.75, 3.05) is 11.9 Å². The van der Waals surface area contributed by atoms with Gasteiger partial charge in [0.1, 0.15) is 11.3 Å². The Hall–Kier alpha value is -2.17. The molecule has 114 valence electrons. The molecular weight excluding hydrogens is 281 g/mol. The highest BCUT2D eigenvalue weighted by Gasteiger charge is 2.39. The summed E-state index contributed by atoms with van der Waals surface area (Å²) in [6, 6.07) is 7.44. The van der Waals surface area contributed by atoms with Crippen LogP contribution in [-0.2, 0) is 4.79 Å². The van der Waals surface area contributed by atoms with Crippen LogP contribution >= 0.6 is 0 Å². The molecule has 1 N–H and O–H groups in total. The van der Waals surface area contributed by atoms with E-state index in [0.29, 0.717) is 18.0 Å². The van der Waals surface area contributed by atoms with Gasteiger partial charge in [-0.25, -0.2) is 9.37 Å². The standard InChI is InChI=1S/C17H18FN3O/c1-10-7-15(13-3-2-4-14(18)17(13)19-10)20-11-8-16(22)21(9-11)12-5-6-12/h2-4,7,11-12H,5-6,8-9H2,1H3,(H,19,20). The van der Waals surface area contributed by atoms with Crippen molar-refractivity contribution in [2.45, 2.75) is 38.3 Å². The first kappa shape index (κ1) is 13.5. The number of carbonyl (C=O) groups excluding carboxylic acids is 1. The molecule has 1 amide bonds. The number of nitrogens with one attached hydrogen (secondary N) is 1. The summed E-state index contributed by atoms with van der Waals surface area (Å²) in [4.78, 5) is 18.3. The number of hydrogen-bond donors (Lipinski definition) is 1. The molecule has 22 heavy (non-hydrogen) atoms. The first-order valence-corrected chi connectivity index (χ1v) is 7.73. The van der Waals surface area contributed by atoms with E-state index < -0.39 is 0 Å². The van der Waals surface area contributed by atoms with Crippen LogP contribution in [0.4, 0.5) is 10.1 Å². The summed E-state index contributed by atoms with van der Waals surface area (Å²) >= 11 is 0. The van der Waals surface area contributed by atoms with E-state index in [1.165, 1.54) is 6.07 Å². The summed E-state index contributed by atoms with van der Waals surface area (Å²) in [5.41, 5.74) is 2.01. The summed E-state index contributed by atoms with van der Waals surface area (Å²) in [5, 5.41) is 4.19. The van der Waals surface area contributed by atoms with Crippen molar-refractivity contribution < 1.29 is 9.18 Å². The average Bonchev–Trinajstić information content (AvgIpc) is 3.24. The maximum Gasteiger partial charge on any atom is 0.225 e. The number of amides is 1. The van der Waals surface area contributed by atoms with Gasteiger partial charge in [-0.15, -0.1) is 0 Å². The third kappa shape index (κ3) is 2.30. The summed E-state index contributed by atoms with van der Waals surface area (Å²) in [5.74, 6) is -0.0902. The van der Waals surface area contributed by atoms with Gasteiger partial charge >= 0.3 is 0 Å². The Morgan fingerprint density at radius 3 is 2.95 bits per heavy atom. The molecule has 1 aliphatic carbocycles. The number of fused-ring (bicyclic) bond motifs is 1. The molecular formula is C17H18FN3O. The van der Waals surface area contributed by atoms with Crippen molar-refractivity contribution >= 4 is 22.5 Å². The largest absolute Gasteiger partial charge is 0.379 e. The van der Waals surface area contributed by atoms with Crippen LogP contribution in [0.1, 0.15) is 25.0 Å². The van der Waals surface area contributed by atoms with Gasteiger partial charge in [0, 0.05) is 35.8 Å². The highest BCUT2D eigenvalue weighted by molar-refractivity contribution is 5.92. The van der Waals surface area contributed by atoms with Crippen LogP contribution in [0.25, 0.3) is 10.9 Å². The molecule has 1 aromatic carbocycles. The Kier molecular flexibility index (Phi) is 3.03. The van der Waals surface area contributed by atoms with Crippen LogP contribution in [0.3, 0.4) is 0 Å². The van der Waals surface area contributed by atoms with E-state index in [9.17, 15) is 9.18 Å². The van der Waals surface area contributed by atoms with E-state index >= 15 is 0 Å². The second-order valence-corrected chi connectivity index (χ2v) is 6.27. The molecule has 0 bridgehead atoms. The number of likely N-dealkylation sites (tertiary alicyclic amines) is 1. The van der Waals surface area contributed by atoms with Gasteiger partial charge in [0.05, 0.1) is 6.04 Å². The van der Waals surface area contributed by atoms with Crippen molar-refractivity contribution in [1.29, 1.82) is 0 Å². The van der Waals surface area contributed by atoms with E-state index in [-0.39, 0.29) is 17.8 Å². The molecule has 4 nitrogen and oxygen atoms in total. The van der Waals surface area contributed by atoms with Crippen LogP contribution in [0.15, 0.2) is 24.3 Å². The molecule has 1 saturated heterocycles. The van der Waals surface area contributed by atoms with Crippen LogP contribution in [0, 0.1) is 12.7 Å². The van der Waals surface area contributed by atoms with Crippen molar-refractivity contribution in [3.8, 4) is 0 Å².